The Kier molecular flexibility index (Phi) is 4.16. The van der Waals surface area contributed by atoms with Crippen molar-refractivity contribution in [3.63, 3.8) is 0 Å². The Labute approximate surface area is 139 Å². The van der Waals surface area contributed by atoms with Crippen LogP contribution in [-0.2, 0) is 13.0 Å². The number of hydrogen-bond donors (Lipinski definition) is 2. The van der Waals surface area contributed by atoms with Gasteiger partial charge in [-0.2, -0.15) is 5.10 Å². The van der Waals surface area contributed by atoms with E-state index in [1.165, 1.54) is 13.2 Å². The van der Waals surface area contributed by atoms with Gasteiger partial charge in [0, 0.05) is 31.1 Å². The van der Waals surface area contributed by atoms with Crippen molar-refractivity contribution >= 4 is 23.4 Å². The van der Waals surface area contributed by atoms with Gasteiger partial charge in [-0.25, -0.2) is 4.68 Å². The van der Waals surface area contributed by atoms with Crippen molar-refractivity contribution in [1.29, 1.82) is 0 Å². The lowest BCUT2D eigenvalue weighted by Gasteiger charge is -2.11. The number of aryl methyl sites for hydroxylation is 1. The summed E-state index contributed by atoms with van der Waals surface area (Å²) in [5.41, 5.74) is 2.14. The summed E-state index contributed by atoms with van der Waals surface area (Å²) in [6, 6.07) is 5.14. The summed E-state index contributed by atoms with van der Waals surface area (Å²) in [7, 11) is 1.52. The maximum atomic E-state index is 12.7. The molecule has 1 aliphatic carbocycles. The van der Waals surface area contributed by atoms with E-state index in [2.05, 4.69) is 15.7 Å². The minimum Gasteiger partial charge on any atom is -0.355 e. The Hall–Kier alpha value is -2.96. The van der Waals surface area contributed by atoms with Crippen molar-refractivity contribution in [3.8, 4) is 0 Å². The molecule has 0 atom stereocenters. The van der Waals surface area contributed by atoms with E-state index in [9.17, 15) is 14.4 Å². The first kappa shape index (κ1) is 15.9. The number of anilines is 1. The average molecular weight is 326 g/mol. The third-order valence-electron chi connectivity index (χ3n) is 4.17. The van der Waals surface area contributed by atoms with E-state index in [0.717, 1.165) is 5.56 Å². The van der Waals surface area contributed by atoms with Crippen molar-refractivity contribution in [2.24, 2.45) is 0 Å². The van der Waals surface area contributed by atoms with Crippen LogP contribution in [0.15, 0.2) is 24.4 Å². The number of nitrogens with one attached hydrogen (secondary N) is 2. The van der Waals surface area contributed by atoms with Crippen LogP contribution in [0.1, 0.15) is 50.0 Å². The highest BCUT2D eigenvalue weighted by Crippen LogP contribution is 2.26. The molecule has 0 saturated carbocycles. The highest BCUT2D eigenvalue weighted by molar-refractivity contribution is 6.11. The molecular formula is C17H18N4O3. The van der Waals surface area contributed by atoms with Gasteiger partial charge in [-0.15, -0.1) is 0 Å². The smallest absolute Gasteiger partial charge is 0.257 e. The van der Waals surface area contributed by atoms with Crippen LogP contribution in [0.2, 0.25) is 0 Å². The molecular weight excluding hydrogens is 308 g/mol. The van der Waals surface area contributed by atoms with E-state index in [4.69, 9.17) is 0 Å². The largest absolute Gasteiger partial charge is 0.355 e. The van der Waals surface area contributed by atoms with E-state index in [1.807, 2.05) is 6.92 Å². The number of benzene rings is 1. The van der Waals surface area contributed by atoms with Crippen LogP contribution in [0.4, 0.5) is 5.82 Å². The zero-order valence-corrected chi connectivity index (χ0v) is 13.5. The van der Waals surface area contributed by atoms with Crippen LogP contribution < -0.4 is 10.6 Å². The van der Waals surface area contributed by atoms with Crippen LogP contribution in [0.5, 0.6) is 0 Å². The maximum absolute atomic E-state index is 12.7. The molecule has 0 fully saturated rings. The monoisotopic (exact) mass is 326 g/mol. The lowest BCUT2D eigenvalue weighted by Crippen LogP contribution is -2.22. The van der Waals surface area contributed by atoms with Gasteiger partial charge in [0.1, 0.15) is 11.4 Å². The molecule has 124 valence electrons. The van der Waals surface area contributed by atoms with Crippen molar-refractivity contribution in [2.75, 3.05) is 12.4 Å². The number of aromatic nitrogens is 2. The molecule has 0 bridgehead atoms. The second kappa shape index (κ2) is 6.27. The normalized spacial score (nSPS) is 12.8. The summed E-state index contributed by atoms with van der Waals surface area (Å²) in [4.78, 5) is 36.5. The minimum atomic E-state index is -0.345. The topological polar surface area (TPSA) is 93.1 Å². The van der Waals surface area contributed by atoms with E-state index in [-0.39, 0.29) is 17.6 Å². The number of hydrogen-bond acceptors (Lipinski definition) is 4. The number of Topliss-reactive ketones (excluding diaryl/α,β-unsaturated/α-hetero) is 1. The fourth-order valence-corrected chi connectivity index (χ4v) is 2.94. The van der Waals surface area contributed by atoms with Gasteiger partial charge in [-0.3, -0.25) is 14.4 Å². The molecule has 7 nitrogen and oxygen atoms in total. The molecule has 1 aromatic carbocycles. The lowest BCUT2D eigenvalue weighted by molar-refractivity contribution is 0.0962. The van der Waals surface area contributed by atoms with Gasteiger partial charge >= 0.3 is 0 Å². The SMILES string of the molecule is CCn1ncc(C(=O)NC)c1NC(=O)c1cccc2c1CCC2=O. The molecule has 0 saturated heterocycles. The zero-order valence-electron chi connectivity index (χ0n) is 13.5. The predicted octanol–water partition coefficient (Wildman–Crippen LogP) is 1.64. The summed E-state index contributed by atoms with van der Waals surface area (Å²) in [5, 5.41) is 9.43. The molecule has 0 radical (unpaired) electrons. The summed E-state index contributed by atoms with van der Waals surface area (Å²) in [6.07, 6.45) is 2.42. The number of ketones is 1. The van der Waals surface area contributed by atoms with Gasteiger partial charge in [-0.05, 0) is 25.0 Å². The van der Waals surface area contributed by atoms with Crippen LogP contribution in [0.3, 0.4) is 0 Å². The van der Waals surface area contributed by atoms with Gasteiger partial charge in [-0.1, -0.05) is 12.1 Å². The molecule has 0 unspecified atom stereocenters. The number of nitrogens with zero attached hydrogens (tertiary/aromatic N) is 2. The second-order valence-corrected chi connectivity index (χ2v) is 5.51. The molecule has 24 heavy (non-hydrogen) atoms. The summed E-state index contributed by atoms with van der Waals surface area (Å²) >= 11 is 0. The summed E-state index contributed by atoms with van der Waals surface area (Å²) < 4.78 is 1.55. The number of carbonyl (C=O) groups is 3. The molecule has 3 rings (SSSR count). The second-order valence-electron chi connectivity index (χ2n) is 5.51. The molecule has 1 aliphatic rings. The minimum absolute atomic E-state index is 0.0595. The third kappa shape index (κ3) is 2.58. The zero-order chi connectivity index (χ0) is 17.3. The first-order valence-electron chi connectivity index (χ1n) is 7.81. The Morgan fingerprint density at radius 2 is 2.00 bits per heavy atom. The summed E-state index contributed by atoms with van der Waals surface area (Å²) in [6.45, 7) is 2.38. The van der Waals surface area contributed by atoms with E-state index < -0.39 is 0 Å². The van der Waals surface area contributed by atoms with Gasteiger partial charge in [0.15, 0.2) is 5.78 Å². The van der Waals surface area contributed by atoms with Crippen molar-refractivity contribution < 1.29 is 14.4 Å². The summed E-state index contributed by atoms with van der Waals surface area (Å²) in [5.74, 6) is -0.256. The Bertz CT molecular complexity index is 838. The number of rotatable bonds is 4. The van der Waals surface area contributed by atoms with Crippen LogP contribution in [0, 0.1) is 0 Å². The molecule has 0 spiro atoms. The van der Waals surface area contributed by atoms with E-state index in [0.29, 0.717) is 41.9 Å². The van der Waals surface area contributed by atoms with Gasteiger partial charge in [0.2, 0.25) is 0 Å². The maximum Gasteiger partial charge on any atom is 0.257 e. The quantitative estimate of drug-likeness (QED) is 0.893. The number of amides is 2. The van der Waals surface area contributed by atoms with Crippen molar-refractivity contribution in [1.82, 2.24) is 15.1 Å². The molecule has 0 aliphatic heterocycles. The molecule has 2 aromatic rings. The molecule has 2 amide bonds. The van der Waals surface area contributed by atoms with Crippen molar-refractivity contribution in [3.05, 3.63) is 46.6 Å². The van der Waals surface area contributed by atoms with Crippen molar-refractivity contribution in [2.45, 2.75) is 26.3 Å². The number of fused-ring (bicyclic) bond motifs is 1. The predicted molar refractivity (Wildman–Crippen MR) is 88.3 cm³/mol. The van der Waals surface area contributed by atoms with Gasteiger partial charge < -0.3 is 10.6 Å². The van der Waals surface area contributed by atoms with E-state index in [1.54, 1.807) is 22.9 Å². The molecule has 1 aromatic heterocycles. The molecule has 1 heterocycles. The average Bonchev–Trinajstić information content (AvgIpc) is 3.17. The van der Waals surface area contributed by atoms with Crippen LogP contribution in [0.25, 0.3) is 0 Å². The Morgan fingerprint density at radius 3 is 2.71 bits per heavy atom. The van der Waals surface area contributed by atoms with Gasteiger partial charge in [0.05, 0.1) is 6.20 Å². The first-order chi connectivity index (χ1) is 11.6. The fourth-order valence-electron chi connectivity index (χ4n) is 2.94. The standard InChI is InChI=1S/C17H18N4O3/c1-3-21-15(13(9-19-21)16(23)18-2)20-17(24)12-6-4-5-11-10(12)7-8-14(11)22/h4-6,9H,3,7-8H2,1-2H3,(H,18,23)(H,20,24). The van der Waals surface area contributed by atoms with Gasteiger partial charge in [0.25, 0.3) is 11.8 Å². The first-order valence-corrected chi connectivity index (χ1v) is 7.81. The lowest BCUT2D eigenvalue weighted by atomic mass is 10.0. The van der Waals surface area contributed by atoms with E-state index >= 15 is 0 Å². The molecule has 7 heteroatoms. The fraction of sp³-hybridized carbons (Fsp3) is 0.294. The van der Waals surface area contributed by atoms with Crippen LogP contribution in [-0.4, -0.2) is 34.4 Å². The Balaban J connectivity index is 1.96. The van der Waals surface area contributed by atoms with Crippen LogP contribution >= 0.6 is 0 Å². The third-order valence-corrected chi connectivity index (χ3v) is 4.17. The molecule has 2 N–H and O–H groups in total. The highest BCUT2D eigenvalue weighted by atomic mass is 16.2. The highest BCUT2D eigenvalue weighted by Gasteiger charge is 2.26. The number of carbonyl (C=O) groups excluding carboxylic acids is 3. The Morgan fingerprint density at radius 1 is 1.21 bits per heavy atom.